The molecule has 0 aromatic rings. The van der Waals surface area contributed by atoms with Gasteiger partial charge in [0, 0.05) is 10.2 Å². The maximum atomic E-state index is 3.69. The van der Waals surface area contributed by atoms with Crippen LogP contribution in [0.25, 0.3) is 0 Å². The van der Waals surface area contributed by atoms with Gasteiger partial charge in [0.1, 0.15) is 0 Å². The van der Waals surface area contributed by atoms with E-state index in [1.165, 1.54) is 146 Å². The second-order valence-corrected chi connectivity index (χ2v) is 10.1. The molecule has 0 fully saturated rings. The van der Waals surface area contributed by atoms with E-state index in [0.717, 1.165) is 6.04 Å². The Balaban J connectivity index is 3.62. The molecule has 0 N–H and O–H groups in total. The molecule has 0 heterocycles. The largest absolute Gasteiger partial charge is 0.326 e. The maximum Gasteiger partial charge on any atom is 0.0784 e. The van der Waals surface area contributed by atoms with Gasteiger partial charge >= 0.3 is 0 Å². The quantitative estimate of drug-likeness (QED) is 0.0901. The number of rotatable bonds is 23. The highest BCUT2D eigenvalue weighted by Gasteiger charge is 2.19. The van der Waals surface area contributed by atoms with Crippen LogP contribution in [0.15, 0.2) is 0 Å². The molecule has 0 rings (SSSR count). The van der Waals surface area contributed by atoms with Gasteiger partial charge in [0.05, 0.1) is 26.7 Å². The second-order valence-electron chi connectivity index (χ2n) is 9.55. The molecular formula is C26H55NSi+. The zero-order chi connectivity index (χ0) is 20.8. The molecule has 0 aromatic carbocycles. The predicted octanol–water partition coefficient (Wildman–Crippen LogP) is 8.47. The Labute approximate surface area is 183 Å². The summed E-state index contributed by atoms with van der Waals surface area (Å²) in [7, 11) is 6.20. The van der Waals surface area contributed by atoms with Crippen molar-refractivity contribution >= 4 is 10.2 Å². The van der Waals surface area contributed by atoms with Gasteiger partial charge in [-0.1, -0.05) is 110 Å². The third kappa shape index (κ3) is 19.5. The molecule has 0 aromatic heterocycles. The van der Waals surface area contributed by atoms with E-state index in [4.69, 9.17) is 0 Å². The number of hydrogen-bond donors (Lipinski definition) is 0. The molecule has 167 valence electrons. The van der Waals surface area contributed by atoms with Gasteiger partial charge in [-0.25, -0.2) is 0 Å². The summed E-state index contributed by atoms with van der Waals surface area (Å²) >= 11 is 0. The van der Waals surface area contributed by atoms with Gasteiger partial charge in [0.25, 0.3) is 0 Å². The monoisotopic (exact) mass is 409 g/mol. The van der Waals surface area contributed by atoms with Crippen LogP contribution < -0.4 is 0 Å². The normalized spacial score (nSPS) is 13.7. The predicted molar refractivity (Wildman–Crippen MR) is 130 cm³/mol. The van der Waals surface area contributed by atoms with Crippen molar-refractivity contribution in [1.29, 1.82) is 0 Å². The van der Waals surface area contributed by atoms with Gasteiger partial charge < -0.3 is 4.48 Å². The van der Waals surface area contributed by atoms with Crippen LogP contribution in [-0.2, 0) is 0 Å². The van der Waals surface area contributed by atoms with Crippen LogP contribution in [-0.4, -0.2) is 41.4 Å². The van der Waals surface area contributed by atoms with Gasteiger partial charge in [-0.2, -0.15) is 0 Å². The van der Waals surface area contributed by atoms with E-state index in [2.05, 4.69) is 31.1 Å². The Morgan fingerprint density at radius 1 is 0.429 bits per heavy atom. The summed E-state index contributed by atoms with van der Waals surface area (Å²) in [6, 6.07) is 1.16. The molecule has 28 heavy (non-hydrogen) atoms. The standard InChI is InChI=1S/C26H55NSi/c1-4-6-8-10-11-12-13-14-15-16-17-19-21-24-27(3,25-22-26-28)23-20-18-9-7-5-2/h4-26H2,1-3H3/q+1. The summed E-state index contributed by atoms with van der Waals surface area (Å²) in [6.45, 7) is 8.77. The van der Waals surface area contributed by atoms with Crippen LogP contribution in [0.2, 0.25) is 6.04 Å². The minimum Gasteiger partial charge on any atom is -0.326 e. The van der Waals surface area contributed by atoms with E-state index in [9.17, 15) is 0 Å². The van der Waals surface area contributed by atoms with E-state index in [-0.39, 0.29) is 0 Å². The highest BCUT2D eigenvalue weighted by molar-refractivity contribution is 6.08. The fourth-order valence-corrected chi connectivity index (χ4v) is 4.56. The molecule has 1 nitrogen and oxygen atoms in total. The van der Waals surface area contributed by atoms with Gasteiger partial charge in [-0.15, -0.1) is 0 Å². The van der Waals surface area contributed by atoms with Crippen molar-refractivity contribution in [1.82, 2.24) is 0 Å². The van der Waals surface area contributed by atoms with E-state index < -0.39 is 0 Å². The minimum atomic E-state index is 1.16. The summed E-state index contributed by atoms with van der Waals surface area (Å²) in [5.41, 5.74) is 0. The molecule has 0 saturated carbocycles. The smallest absolute Gasteiger partial charge is 0.0784 e. The third-order valence-corrected chi connectivity index (χ3v) is 6.83. The summed E-state index contributed by atoms with van der Waals surface area (Å²) < 4.78 is 1.31. The Kier molecular flexibility index (Phi) is 22.0. The Morgan fingerprint density at radius 3 is 1.04 bits per heavy atom. The van der Waals surface area contributed by atoms with E-state index >= 15 is 0 Å². The maximum absolute atomic E-state index is 3.69. The zero-order valence-corrected chi connectivity index (χ0v) is 21.2. The first kappa shape index (κ1) is 28.2. The fraction of sp³-hybridized carbons (Fsp3) is 1.00. The molecule has 0 spiro atoms. The second kappa shape index (κ2) is 21.9. The lowest BCUT2D eigenvalue weighted by Crippen LogP contribution is -2.46. The van der Waals surface area contributed by atoms with Crippen molar-refractivity contribution in [2.45, 2.75) is 142 Å². The first-order valence-electron chi connectivity index (χ1n) is 13.2. The first-order valence-corrected chi connectivity index (χ1v) is 13.9. The molecular weight excluding hydrogens is 354 g/mol. The third-order valence-electron chi connectivity index (χ3n) is 6.48. The van der Waals surface area contributed by atoms with Crippen LogP contribution >= 0.6 is 0 Å². The molecule has 1 unspecified atom stereocenters. The number of hydrogen-bond acceptors (Lipinski definition) is 0. The minimum absolute atomic E-state index is 1.16. The number of nitrogens with zero attached hydrogens (tertiary/aromatic N) is 1. The summed E-state index contributed by atoms with van der Waals surface area (Å²) in [5.74, 6) is 0. The molecule has 0 bridgehead atoms. The van der Waals surface area contributed by atoms with Crippen molar-refractivity contribution in [2.75, 3.05) is 26.7 Å². The zero-order valence-electron chi connectivity index (χ0n) is 20.2. The van der Waals surface area contributed by atoms with Crippen LogP contribution in [0, 0.1) is 0 Å². The fourth-order valence-electron chi connectivity index (χ4n) is 4.40. The summed E-state index contributed by atoms with van der Waals surface area (Å²) in [5, 5.41) is 0. The van der Waals surface area contributed by atoms with Crippen molar-refractivity contribution in [3.05, 3.63) is 0 Å². The van der Waals surface area contributed by atoms with Gasteiger partial charge in [0.15, 0.2) is 0 Å². The molecule has 2 heteroatoms. The lowest BCUT2D eigenvalue weighted by atomic mass is 10.0. The van der Waals surface area contributed by atoms with Crippen LogP contribution in [0.1, 0.15) is 136 Å². The highest BCUT2D eigenvalue weighted by atomic mass is 28.1. The average molecular weight is 410 g/mol. The van der Waals surface area contributed by atoms with Gasteiger partial charge in [-0.05, 0) is 32.1 Å². The molecule has 1 atom stereocenters. The van der Waals surface area contributed by atoms with Crippen molar-refractivity contribution in [2.24, 2.45) is 0 Å². The summed E-state index contributed by atoms with van der Waals surface area (Å²) in [4.78, 5) is 0. The van der Waals surface area contributed by atoms with Crippen LogP contribution in [0.5, 0.6) is 0 Å². The van der Waals surface area contributed by atoms with Crippen molar-refractivity contribution in [3.8, 4) is 0 Å². The van der Waals surface area contributed by atoms with Crippen LogP contribution in [0.3, 0.4) is 0 Å². The Morgan fingerprint density at radius 2 is 0.714 bits per heavy atom. The molecule has 3 radical (unpaired) electrons. The first-order chi connectivity index (χ1) is 13.7. The number of quaternary nitrogens is 1. The average Bonchev–Trinajstić information content (AvgIpc) is 2.70. The highest BCUT2D eigenvalue weighted by Crippen LogP contribution is 2.16. The molecule has 0 aliphatic carbocycles. The lowest BCUT2D eigenvalue weighted by molar-refractivity contribution is -0.910. The molecule has 0 amide bonds. The van der Waals surface area contributed by atoms with Crippen LogP contribution in [0.4, 0.5) is 0 Å². The Bertz CT molecular complexity index is 294. The Hall–Kier alpha value is 0.177. The van der Waals surface area contributed by atoms with E-state index in [1.807, 2.05) is 0 Å². The molecule has 0 saturated heterocycles. The van der Waals surface area contributed by atoms with Gasteiger partial charge in [0.2, 0.25) is 0 Å². The SMILES string of the molecule is CCCCCCCCCCCCCCC[N+](C)(CCC[Si])CCCCCCC. The molecule has 0 aliphatic heterocycles. The van der Waals surface area contributed by atoms with E-state index in [0.29, 0.717) is 0 Å². The summed E-state index contributed by atoms with van der Waals surface area (Å²) in [6.07, 6.45) is 27.3. The number of unbranched alkanes of at least 4 members (excludes halogenated alkanes) is 16. The van der Waals surface area contributed by atoms with E-state index in [1.54, 1.807) is 0 Å². The van der Waals surface area contributed by atoms with Crippen molar-refractivity contribution < 1.29 is 4.48 Å². The topological polar surface area (TPSA) is 0 Å². The van der Waals surface area contributed by atoms with Gasteiger partial charge in [-0.3, -0.25) is 0 Å². The van der Waals surface area contributed by atoms with Crippen molar-refractivity contribution in [3.63, 3.8) is 0 Å². The molecule has 0 aliphatic rings. The lowest BCUT2D eigenvalue weighted by Gasteiger charge is -2.35.